The third-order valence-corrected chi connectivity index (χ3v) is 4.20. The maximum atomic E-state index is 5.63. The van der Waals surface area contributed by atoms with Crippen LogP contribution in [0.25, 0.3) is 10.8 Å². The van der Waals surface area contributed by atoms with Crippen LogP contribution in [0.4, 0.5) is 6.01 Å². The van der Waals surface area contributed by atoms with E-state index in [4.69, 9.17) is 13.9 Å². The van der Waals surface area contributed by atoms with Crippen molar-refractivity contribution in [1.29, 1.82) is 0 Å². The summed E-state index contributed by atoms with van der Waals surface area (Å²) in [6, 6.07) is 12.8. The van der Waals surface area contributed by atoms with Crippen molar-refractivity contribution in [3.63, 3.8) is 0 Å². The summed E-state index contributed by atoms with van der Waals surface area (Å²) in [7, 11) is 1.68. The van der Waals surface area contributed by atoms with Gasteiger partial charge in [-0.3, -0.25) is 0 Å². The van der Waals surface area contributed by atoms with E-state index in [0.29, 0.717) is 18.5 Å². The predicted molar refractivity (Wildman–Crippen MR) is 90.1 cm³/mol. The molecule has 0 unspecified atom stereocenters. The summed E-state index contributed by atoms with van der Waals surface area (Å²) < 4.78 is 16.4. The topological polar surface area (TPSA) is 69.4 Å². The normalized spacial score (nSPS) is 17.3. The molecule has 0 saturated carbocycles. The van der Waals surface area contributed by atoms with Gasteiger partial charge in [0, 0.05) is 13.2 Å². The second-order valence-corrected chi connectivity index (χ2v) is 5.85. The van der Waals surface area contributed by atoms with Gasteiger partial charge in [0.05, 0.1) is 7.11 Å². The zero-order chi connectivity index (χ0) is 16.4. The highest BCUT2D eigenvalue weighted by molar-refractivity contribution is 5.84. The molecule has 6 nitrogen and oxygen atoms in total. The van der Waals surface area contributed by atoms with Crippen LogP contribution in [0.1, 0.15) is 30.4 Å². The van der Waals surface area contributed by atoms with E-state index in [1.54, 1.807) is 7.11 Å². The fraction of sp³-hybridized carbons (Fsp3) is 0.333. The number of methoxy groups -OCH3 is 1. The third-order valence-electron chi connectivity index (χ3n) is 4.20. The fourth-order valence-electron chi connectivity index (χ4n) is 2.90. The van der Waals surface area contributed by atoms with Crippen LogP contribution >= 0.6 is 0 Å². The number of nitrogens with zero attached hydrogens (tertiary/aromatic N) is 2. The minimum atomic E-state index is -0.0521. The van der Waals surface area contributed by atoms with Gasteiger partial charge in [-0.25, -0.2) is 0 Å². The Morgan fingerprint density at radius 1 is 1.17 bits per heavy atom. The number of aromatic nitrogens is 2. The van der Waals surface area contributed by atoms with Crippen LogP contribution in [0.2, 0.25) is 0 Å². The smallest absolute Gasteiger partial charge is 0.315 e. The molecule has 6 heteroatoms. The van der Waals surface area contributed by atoms with E-state index in [2.05, 4.69) is 39.8 Å². The number of anilines is 1. The van der Waals surface area contributed by atoms with Crippen LogP contribution in [0.5, 0.6) is 5.75 Å². The fourth-order valence-corrected chi connectivity index (χ4v) is 2.90. The SMILES string of the molecule is COc1ccc2cc(CNc3nnc([C@@H]4CCCO4)o3)ccc2c1. The Morgan fingerprint density at radius 2 is 2.04 bits per heavy atom. The van der Waals surface area contributed by atoms with Crippen LogP contribution in [0.15, 0.2) is 40.8 Å². The molecule has 0 bridgehead atoms. The van der Waals surface area contributed by atoms with Crippen LogP contribution < -0.4 is 10.1 Å². The van der Waals surface area contributed by atoms with Gasteiger partial charge in [0.1, 0.15) is 11.9 Å². The van der Waals surface area contributed by atoms with Crippen LogP contribution in [-0.2, 0) is 11.3 Å². The lowest BCUT2D eigenvalue weighted by molar-refractivity contribution is 0.0897. The average Bonchev–Trinajstić information content (AvgIpc) is 3.30. The summed E-state index contributed by atoms with van der Waals surface area (Å²) in [5, 5.41) is 13.6. The molecule has 1 saturated heterocycles. The van der Waals surface area contributed by atoms with Crippen molar-refractivity contribution in [1.82, 2.24) is 10.2 Å². The third kappa shape index (κ3) is 3.05. The lowest BCUT2D eigenvalue weighted by Gasteiger charge is -2.06. The van der Waals surface area contributed by atoms with Crippen molar-refractivity contribution in [2.24, 2.45) is 0 Å². The molecular formula is C18H19N3O3. The molecule has 1 fully saturated rings. The Morgan fingerprint density at radius 3 is 2.88 bits per heavy atom. The van der Waals surface area contributed by atoms with E-state index < -0.39 is 0 Å². The molecule has 0 radical (unpaired) electrons. The minimum absolute atomic E-state index is 0.0521. The Labute approximate surface area is 139 Å². The van der Waals surface area contributed by atoms with Gasteiger partial charge in [-0.2, -0.15) is 0 Å². The molecule has 2 aromatic carbocycles. The van der Waals surface area contributed by atoms with Gasteiger partial charge in [0.2, 0.25) is 5.89 Å². The standard InChI is InChI=1S/C18H19N3O3/c1-22-15-7-6-13-9-12(4-5-14(13)10-15)11-19-18-21-20-17(24-18)16-3-2-8-23-16/h4-7,9-10,16H,2-3,8,11H2,1H3,(H,19,21)/t16-/m0/s1. The van der Waals surface area contributed by atoms with Crippen molar-refractivity contribution in [3.8, 4) is 5.75 Å². The highest BCUT2D eigenvalue weighted by atomic mass is 16.5. The van der Waals surface area contributed by atoms with E-state index in [0.717, 1.165) is 36.1 Å². The molecule has 3 aromatic rings. The van der Waals surface area contributed by atoms with E-state index >= 15 is 0 Å². The average molecular weight is 325 g/mol. The highest BCUT2D eigenvalue weighted by Gasteiger charge is 2.23. The Kier molecular flexibility index (Phi) is 4.04. The van der Waals surface area contributed by atoms with Crippen molar-refractivity contribution in [3.05, 3.63) is 47.9 Å². The molecule has 1 aliphatic heterocycles. The Hall–Kier alpha value is -2.60. The second-order valence-electron chi connectivity index (χ2n) is 5.85. The van der Waals surface area contributed by atoms with E-state index in [9.17, 15) is 0 Å². The molecule has 1 atom stereocenters. The highest BCUT2D eigenvalue weighted by Crippen LogP contribution is 2.28. The van der Waals surface area contributed by atoms with E-state index in [-0.39, 0.29) is 6.10 Å². The zero-order valence-corrected chi connectivity index (χ0v) is 13.5. The van der Waals surface area contributed by atoms with Gasteiger partial charge < -0.3 is 19.2 Å². The zero-order valence-electron chi connectivity index (χ0n) is 13.5. The molecule has 124 valence electrons. The number of fused-ring (bicyclic) bond motifs is 1. The molecule has 1 aromatic heterocycles. The van der Waals surface area contributed by atoms with Gasteiger partial charge >= 0.3 is 6.01 Å². The summed E-state index contributed by atoms with van der Waals surface area (Å²) in [4.78, 5) is 0. The monoisotopic (exact) mass is 325 g/mol. The molecule has 4 rings (SSSR count). The molecule has 24 heavy (non-hydrogen) atoms. The molecule has 0 amide bonds. The predicted octanol–water partition coefficient (Wildman–Crippen LogP) is 3.70. The summed E-state index contributed by atoms with van der Waals surface area (Å²) in [5.41, 5.74) is 1.14. The maximum absolute atomic E-state index is 5.63. The number of ether oxygens (including phenoxy) is 2. The second kappa shape index (κ2) is 6.49. The van der Waals surface area contributed by atoms with Crippen LogP contribution in [0, 0.1) is 0 Å². The molecule has 0 aliphatic carbocycles. The lowest BCUT2D eigenvalue weighted by atomic mass is 10.1. The molecular weight excluding hydrogens is 306 g/mol. The van der Waals surface area contributed by atoms with Crippen molar-refractivity contribution in [2.45, 2.75) is 25.5 Å². The van der Waals surface area contributed by atoms with Crippen molar-refractivity contribution >= 4 is 16.8 Å². The van der Waals surface area contributed by atoms with Crippen LogP contribution in [-0.4, -0.2) is 23.9 Å². The largest absolute Gasteiger partial charge is 0.497 e. The van der Waals surface area contributed by atoms with Crippen molar-refractivity contribution in [2.75, 3.05) is 19.0 Å². The van der Waals surface area contributed by atoms with E-state index in [1.165, 1.54) is 5.39 Å². The van der Waals surface area contributed by atoms with Gasteiger partial charge in [0.25, 0.3) is 0 Å². The van der Waals surface area contributed by atoms with Gasteiger partial charge in [0.15, 0.2) is 0 Å². The summed E-state index contributed by atoms with van der Waals surface area (Å²) in [5.74, 6) is 1.42. The van der Waals surface area contributed by atoms with Gasteiger partial charge in [-0.05, 0) is 47.4 Å². The quantitative estimate of drug-likeness (QED) is 0.771. The van der Waals surface area contributed by atoms with Crippen LogP contribution in [0.3, 0.4) is 0 Å². The Balaban J connectivity index is 1.44. The number of hydrogen-bond donors (Lipinski definition) is 1. The first kappa shape index (κ1) is 15.0. The van der Waals surface area contributed by atoms with E-state index in [1.807, 2.05) is 12.1 Å². The maximum Gasteiger partial charge on any atom is 0.315 e. The first-order chi connectivity index (χ1) is 11.8. The first-order valence-electron chi connectivity index (χ1n) is 8.07. The summed E-state index contributed by atoms with van der Waals surface area (Å²) in [6.45, 7) is 1.38. The summed E-state index contributed by atoms with van der Waals surface area (Å²) >= 11 is 0. The molecule has 1 aliphatic rings. The number of rotatable bonds is 5. The lowest BCUT2D eigenvalue weighted by Crippen LogP contribution is -1.99. The number of hydrogen-bond acceptors (Lipinski definition) is 6. The summed E-state index contributed by atoms with van der Waals surface area (Å²) in [6.07, 6.45) is 1.93. The number of benzene rings is 2. The number of nitrogens with one attached hydrogen (secondary N) is 1. The molecule has 0 spiro atoms. The van der Waals surface area contributed by atoms with Gasteiger partial charge in [-0.15, -0.1) is 5.10 Å². The molecule has 1 N–H and O–H groups in total. The minimum Gasteiger partial charge on any atom is -0.497 e. The first-order valence-corrected chi connectivity index (χ1v) is 8.07. The van der Waals surface area contributed by atoms with Crippen molar-refractivity contribution < 1.29 is 13.9 Å². The van der Waals surface area contributed by atoms with Gasteiger partial charge in [-0.1, -0.05) is 23.3 Å². The Bertz CT molecular complexity index is 840. The molecule has 2 heterocycles.